The summed E-state index contributed by atoms with van der Waals surface area (Å²) in [5.74, 6) is 2.64. The van der Waals surface area contributed by atoms with Crippen molar-refractivity contribution >= 4 is 0 Å². The van der Waals surface area contributed by atoms with Gasteiger partial charge in [0.1, 0.15) is 12.4 Å². The Morgan fingerprint density at radius 1 is 1.24 bits per heavy atom. The number of ether oxygens (including phenoxy) is 1. The first kappa shape index (κ1) is 10.9. The van der Waals surface area contributed by atoms with Crippen molar-refractivity contribution < 1.29 is 4.74 Å². The van der Waals surface area contributed by atoms with E-state index >= 15 is 0 Å². The minimum Gasteiger partial charge on any atom is -0.489 e. The van der Waals surface area contributed by atoms with E-state index in [-0.39, 0.29) is 0 Å². The summed E-state index contributed by atoms with van der Waals surface area (Å²) in [6, 6.07) is 10.1. The molecule has 1 saturated carbocycles. The minimum absolute atomic E-state index is 0.504. The van der Waals surface area contributed by atoms with E-state index in [0.717, 1.165) is 24.2 Å². The Bertz CT molecular complexity index is 430. The molecule has 90 valence electrons. The molecule has 0 amide bonds. The molecular formula is C16H20O. The standard InChI is InChI=1S/C16H20O/c1-16(2)13-9-8-12(15(16)10-13)11-17-14-6-4-3-5-7-14/h3-8,13,15H,9-11H2,1-2H3. The topological polar surface area (TPSA) is 9.23 Å². The summed E-state index contributed by atoms with van der Waals surface area (Å²) in [7, 11) is 0. The summed E-state index contributed by atoms with van der Waals surface area (Å²) in [6.07, 6.45) is 5.03. The highest BCUT2D eigenvalue weighted by Crippen LogP contribution is 2.59. The third-order valence-electron chi connectivity index (χ3n) is 4.73. The Morgan fingerprint density at radius 3 is 2.65 bits per heavy atom. The smallest absolute Gasteiger partial charge is 0.119 e. The molecule has 2 unspecified atom stereocenters. The molecule has 1 aromatic carbocycles. The average molecular weight is 228 g/mol. The van der Waals surface area contributed by atoms with Gasteiger partial charge in [0, 0.05) is 0 Å². The number of hydrogen-bond acceptors (Lipinski definition) is 1. The van der Waals surface area contributed by atoms with E-state index in [0.29, 0.717) is 5.41 Å². The van der Waals surface area contributed by atoms with Crippen molar-refractivity contribution in [3.05, 3.63) is 42.0 Å². The van der Waals surface area contributed by atoms with Gasteiger partial charge in [-0.1, -0.05) is 38.1 Å². The highest BCUT2D eigenvalue weighted by Gasteiger charge is 2.51. The predicted octanol–water partition coefficient (Wildman–Crippen LogP) is 4.06. The largest absolute Gasteiger partial charge is 0.489 e. The molecule has 0 heterocycles. The SMILES string of the molecule is CC1(C)C2CC=C(COc3ccccc3)C1C2. The second-order valence-corrected chi connectivity index (χ2v) is 5.92. The summed E-state index contributed by atoms with van der Waals surface area (Å²) in [5, 5.41) is 0. The predicted molar refractivity (Wildman–Crippen MR) is 70.0 cm³/mol. The van der Waals surface area contributed by atoms with Crippen molar-refractivity contribution in [1.29, 1.82) is 0 Å². The zero-order chi connectivity index (χ0) is 11.9. The van der Waals surface area contributed by atoms with Crippen molar-refractivity contribution in [3.63, 3.8) is 0 Å². The molecule has 1 nitrogen and oxygen atoms in total. The van der Waals surface area contributed by atoms with Gasteiger partial charge in [-0.05, 0) is 47.8 Å². The number of fused-ring (bicyclic) bond motifs is 1. The second-order valence-electron chi connectivity index (χ2n) is 5.92. The van der Waals surface area contributed by atoms with Crippen LogP contribution < -0.4 is 4.74 Å². The van der Waals surface area contributed by atoms with Crippen molar-refractivity contribution in [2.75, 3.05) is 6.61 Å². The lowest BCUT2D eigenvalue weighted by Crippen LogP contribution is -2.48. The number of para-hydroxylation sites is 1. The molecule has 0 radical (unpaired) electrons. The molecule has 4 rings (SSSR count). The molecule has 1 heteroatoms. The zero-order valence-corrected chi connectivity index (χ0v) is 10.6. The molecule has 1 aromatic rings. The fraction of sp³-hybridized carbons (Fsp3) is 0.500. The molecule has 0 aliphatic heterocycles. The van der Waals surface area contributed by atoms with Gasteiger partial charge < -0.3 is 4.74 Å². The summed E-state index contributed by atoms with van der Waals surface area (Å²) in [4.78, 5) is 0. The lowest BCUT2D eigenvalue weighted by Gasteiger charge is -2.56. The highest BCUT2D eigenvalue weighted by atomic mass is 16.5. The van der Waals surface area contributed by atoms with Crippen LogP contribution in [0.15, 0.2) is 42.0 Å². The van der Waals surface area contributed by atoms with Gasteiger partial charge in [0.2, 0.25) is 0 Å². The lowest BCUT2D eigenvalue weighted by molar-refractivity contribution is -0.0115. The van der Waals surface area contributed by atoms with Crippen LogP contribution in [0.25, 0.3) is 0 Å². The van der Waals surface area contributed by atoms with Crippen molar-refractivity contribution in [3.8, 4) is 5.75 Å². The molecule has 0 N–H and O–H groups in total. The summed E-state index contributed by atoms with van der Waals surface area (Å²) in [6.45, 7) is 5.58. The van der Waals surface area contributed by atoms with Crippen molar-refractivity contribution in [2.24, 2.45) is 17.3 Å². The van der Waals surface area contributed by atoms with E-state index in [2.05, 4.69) is 19.9 Å². The molecule has 3 aliphatic rings. The fourth-order valence-corrected chi connectivity index (χ4v) is 3.32. The van der Waals surface area contributed by atoms with E-state index in [4.69, 9.17) is 4.74 Å². The first-order valence-electron chi connectivity index (χ1n) is 6.54. The third kappa shape index (κ3) is 1.78. The van der Waals surface area contributed by atoms with Gasteiger partial charge in [-0.15, -0.1) is 0 Å². The highest BCUT2D eigenvalue weighted by molar-refractivity contribution is 5.26. The van der Waals surface area contributed by atoms with Gasteiger partial charge in [0.15, 0.2) is 0 Å². The van der Waals surface area contributed by atoms with Gasteiger partial charge in [-0.2, -0.15) is 0 Å². The van der Waals surface area contributed by atoms with Crippen molar-refractivity contribution in [2.45, 2.75) is 26.7 Å². The summed E-state index contributed by atoms with van der Waals surface area (Å²) >= 11 is 0. The van der Waals surface area contributed by atoms with Crippen LogP contribution in [0.4, 0.5) is 0 Å². The fourth-order valence-electron chi connectivity index (χ4n) is 3.32. The molecule has 0 spiro atoms. The summed E-state index contributed by atoms with van der Waals surface area (Å²) < 4.78 is 5.87. The first-order chi connectivity index (χ1) is 8.18. The normalized spacial score (nSPS) is 29.2. The average Bonchev–Trinajstić information content (AvgIpc) is 2.37. The maximum Gasteiger partial charge on any atom is 0.119 e. The molecule has 1 fully saturated rings. The molecular weight excluding hydrogens is 208 g/mol. The molecule has 2 bridgehead atoms. The third-order valence-corrected chi connectivity index (χ3v) is 4.73. The van der Waals surface area contributed by atoms with Gasteiger partial charge in [-0.25, -0.2) is 0 Å². The molecule has 2 atom stereocenters. The number of allylic oxidation sites excluding steroid dienone is 1. The van der Waals surface area contributed by atoms with Crippen LogP contribution in [0, 0.1) is 17.3 Å². The van der Waals surface area contributed by atoms with E-state index < -0.39 is 0 Å². The van der Waals surface area contributed by atoms with Crippen LogP contribution in [0.1, 0.15) is 26.7 Å². The van der Waals surface area contributed by atoms with Crippen molar-refractivity contribution in [1.82, 2.24) is 0 Å². The maximum atomic E-state index is 5.87. The van der Waals surface area contributed by atoms with Crippen LogP contribution in [-0.4, -0.2) is 6.61 Å². The number of benzene rings is 1. The number of hydrogen-bond donors (Lipinski definition) is 0. The first-order valence-corrected chi connectivity index (χ1v) is 6.54. The van der Waals surface area contributed by atoms with Crippen LogP contribution in [0.3, 0.4) is 0 Å². The monoisotopic (exact) mass is 228 g/mol. The lowest BCUT2D eigenvalue weighted by atomic mass is 9.49. The summed E-state index contributed by atoms with van der Waals surface area (Å²) in [5.41, 5.74) is 2.02. The van der Waals surface area contributed by atoms with E-state index in [1.165, 1.54) is 18.4 Å². The number of rotatable bonds is 3. The Morgan fingerprint density at radius 2 is 2.00 bits per heavy atom. The van der Waals surface area contributed by atoms with Gasteiger partial charge in [0.05, 0.1) is 0 Å². The molecule has 0 aromatic heterocycles. The van der Waals surface area contributed by atoms with Crippen LogP contribution in [0.5, 0.6) is 5.75 Å². The van der Waals surface area contributed by atoms with E-state index in [1.54, 1.807) is 0 Å². The minimum atomic E-state index is 0.504. The zero-order valence-electron chi connectivity index (χ0n) is 10.6. The second kappa shape index (κ2) is 3.90. The van der Waals surface area contributed by atoms with Gasteiger partial charge >= 0.3 is 0 Å². The van der Waals surface area contributed by atoms with Crippen LogP contribution >= 0.6 is 0 Å². The molecule has 17 heavy (non-hydrogen) atoms. The van der Waals surface area contributed by atoms with Gasteiger partial charge in [-0.3, -0.25) is 0 Å². The Labute approximate surface area is 103 Å². The quantitative estimate of drug-likeness (QED) is 0.709. The van der Waals surface area contributed by atoms with Crippen LogP contribution in [0.2, 0.25) is 0 Å². The van der Waals surface area contributed by atoms with E-state index in [1.807, 2.05) is 30.3 Å². The Balaban J connectivity index is 1.65. The van der Waals surface area contributed by atoms with Crippen LogP contribution in [-0.2, 0) is 0 Å². The maximum absolute atomic E-state index is 5.87. The van der Waals surface area contributed by atoms with E-state index in [9.17, 15) is 0 Å². The molecule has 0 saturated heterocycles. The Kier molecular flexibility index (Phi) is 2.50. The Hall–Kier alpha value is -1.24. The molecule has 3 aliphatic carbocycles. The van der Waals surface area contributed by atoms with Gasteiger partial charge in [0.25, 0.3) is 0 Å².